The molecule has 1 amide bonds. The van der Waals surface area contributed by atoms with E-state index in [1.54, 1.807) is 31.6 Å². The Morgan fingerprint density at radius 2 is 2.08 bits per heavy atom. The molecule has 0 atom stereocenters. The van der Waals surface area contributed by atoms with E-state index in [4.69, 9.17) is 14.0 Å². The lowest BCUT2D eigenvalue weighted by Crippen LogP contribution is -2.40. The van der Waals surface area contributed by atoms with Crippen LogP contribution in [-0.2, 0) is 22.5 Å². The summed E-state index contributed by atoms with van der Waals surface area (Å²) >= 11 is 0. The summed E-state index contributed by atoms with van der Waals surface area (Å²) in [6.07, 6.45) is 5.57. The maximum atomic E-state index is 12.4. The molecule has 3 rings (SSSR count). The van der Waals surface area contributed by atoms with Crippen molar-refractivity contribution in [3.63, 3.8) is 0 Å². The van der Waals surface area contributed by atoms with Crippen molar-refractivity contribution in [3.8, 4) is 0 Å². The minimum Gasteiger partial charge on any atom is -0.384 e. The van der Waals surface area contributed by atoms with Crippen LogP contribution in [0.15, 0.2) is 29.0 Å². The summed E-state index contributed by atoms with van der Waals surface area (Å²) in [5, 5.41) is 3.88. The number of aromatic nitrogens is 3. The quantitative estimate of drug-likeness (QED) is 0.750. The van der Waals surface area contributed by atoms with Crippen LogP contribution in [-0.4, -0.2) is 58.8 Å². The summed E-state index contributed by atoms with van der Waals surface area (Å²) in [5.41, 5.74) is 0.670. The van der Waals surface area contributed by atoms with Crippen molar-refractivity contribution in [3.05, 3.63) is 41.8 Å². The van der Waals surface area contributed by atoms with Crippen LogP contribution in [0.5, 0.6) is 0 Å². The number of piperidine rings is 1. The van der Waals surface area contributed by atoms with Crippen molar-refractivity contribution in [2.45, 2.75) is 32.0 Å². The van der Waals surface area contributed by atoms with Gasteiger partial charge in [-0.3, -0.25) is 9.78 Å². The van der Waals surface area contributed by atoms with E-state index >= 15 is 0 Å². The summed E-state index contributed by atoms with van der Waals surface area (Å²) in [6.45, 7) is 2.20. The minimum atomic E-state index is 0.0422. The number of rotatable bonds is 7. The van der Waals surface area contributed by atoms with Gasteiger partial charge < -0.3 is 18.9 Å². The van der Waals surface area contributed by atoms with Gasteiger partial charge >= 0.3 is 0 Å². The van der Waals surface area contributed by atoms with Crippen LogP contribution < -0.4 is 0 Å². The van der Waals surface area contributed by atoms with Crippen molar-refractivity contribution in [1.29, 1.82) is 0 Å². The van der Waals surface area contributed by atoms with E-state index in [2.05, 4.69) is 15.1 Å². The molecule has 1 saturated heterocycles. The van der Waals surface area contributed by atoms with Crippen LogP contribution in [0.2, 0.25) is 0 Å². The van der Waals surface area contributed by atoms with Crippen molar-refractivity contribution in [1.82, 2.24) is 20.0 Å². The monoisotopic (exact) mass is 346 g/mol. The van der Waals surface area contributed by atoms with Crippen molar-refractivity contribution in [2.75, 3.05) is 26.8 Å². The first-order valence-corrected chi connectivity index (χ1v) is 8.37. The van der Waals surface area contributed by atoms with Gasteiger partial charge in [0.15, 0.2) is 5.82 Å². The SMILES string of the molecule is COCCc1noc(COC2CCN(C(=O)c3ccncc3)CC2)n1. The Hall–Kier alpha value is -2.32. The van der Waals surface area contributed by atoms with Crippen LogP contribution >= 0.6 is 0 Å². The van der Waals surface area contributed by atoms with Gasteiger partial charge in [0.25, 0.3) is 11.8 Å². The second-order valence-corrected chi connectivity index (χ2v) is 5.89. The van der Waals surface area contributed by atoms with E-state index in [-0.39, 0.29) is 12.0 Å². The smallest absolute Gasteiger partial charge is 0.253 e. The van der Waals surface area contributed by atoms with Gasteiger partial charge in [0.2, 0.25) is 0 Å². The number of methoxy groups -OCH3 is 1. The number of hydrogen-bond acceptors (Lipinski definition) is 7. The van der Waals surface area contributed by atoms with E-state index < -0.39 is 0 Å². The molecule has 8 nitrogen and oxygen atoms in total. The summed E-state index contributed by atoms with van der Waals surface area (Å²) in [6, 6.07) is 3.48. The summed E-state index contributed by atoms with van der Waals surface area (Å²) in [4.78, 5) is 22.4. The van der Waals surface area contributed by atoms with Gasteiger partial charge in [0.05, 0.1) is 12.7 Å². The summed E-state index contributed by atoms with van der Waals surface area (Å²) < 4.78 is 16.0. The molecule has 8 heteroatoms. The molecule has 134 valence electrons. The van der Waals surface area contributed by atoms with Crippen LogP contribution in [0.3, 0.4) is 0 Å². The first kappa shape index (κ1) is 17.5. The molecule has 2 aromatic rings. The maximum absolute atomic E-state index is 12.4. The number of ether oxygens (including phenoxy) is 2. The second-order valence-electron chi connectivity index (χ2n) is 5.89. The Morgan fingerprint density at radius 3 is 2.80 bits per heavy atom. The number of carbonyl (C=O) groups is 1. The summed E-state index contributed by atoms with van der Waals surface area (Å²) in [7, 11) is 1.63. The molecule has 0 unspecified atom stereocenters. The Balaban J connectivity index is 1.42. The molecule has 3 heterocycles. The molecule has 1 aliphatic heterocycles. The zero-order valence-electron chi connectivity index (χ0n) is 14.3. The highest BCUT2D eigenvalue weighted by Crippen LogP contribution is 2.17. The van der Waals surface area contributed by atoms with Gasteiger partial charge in [-0.25, -0.2) is 0 Å². The minimum absolute atomic E-state index is 0.0422. The van der Waals surface area contributed by atoms with Crippen LogP contribution in [0.1, 0.15) is 34.9 Å². The van der Waals surface area contributed by atoms with Gasteiger partial charge in [-0.15, -0.1) is 0 Å². The number of likely N-dealkylation sites (tertiary alicyclic amines) is 1. The fraction of sp³-hybridized carbons (Fsp3) is 0.529. The van der Waals surface area contributed by atoms with Crippen molar-refractivity contribution >= 4 is 5.91 Å². The Kier molecular flexibility index (Phi) is 6.08. The van der Waals surface area contributed by atoms with Crippen molar-refractivity contribution in [2.24, 2.45) is 0 Å². The van der Waals surface area contributed by atoms with Crippen LogP contribution in [0.4, 0.5) is 0 Å². The molecule has 0 radical (unpaired) electrons. The standard InChI is InChI=1S/C17H22N4O4/c1-23-11-6-15-19-16(25-20-15)12-24-14-4-9-21(10-5-14)17(22)13-2-7-18-8-3-13/h2-3,7-8,14H,4-6,9-12H2,1H3. The van der Waals surface area contributed by atoms with E-state index in [1.807, 2.05) is 4.90 Å². The van der Waals surface area contributed by atoms with Crippen molar-refractivity contribution < 1.29 is 18.8 Å². The first-order chi connectivity index (χ1) is 12.3. The average Bonchev–Trinajstić information content (AvgIpc) is 3.13. The Labute approximate surface area is 146 Å². The molecule has 25 heavy (non-hydrogen) atoms. The lowest BCUT2D eigenvalue weighted by Gasteiger charge is -2.31. The zero-order valence-corrected chi connectivity index (χ0v) is 14.3. The fourth-order valence-corrected chi connectivity index (χ4v) is 2.74. The maximum Gasteiger partial charge on any atom is 0.253 e. The molecule has 0 bridgehead atoms. The molecule has 2 aromatic heterocycles. The predicted octanol–water partition coefficient (Wildman–Crippen LogP) is 1.47. The fourth-order valence-electron chi connectivity index (χ4n) is 2.74. The summed E-state index contributed by atoms with van der Waals surface area (Å²) in [5.74, 6) is 1.14. The molecule has 1 fully saturated rings. The number of amides is 1. The van der Waals surface area contributed by atoms with Gasteiger partial charge in [-0.2, -0.15) is 4.98 Å². The second kappa shape index (κ2) is 8.68. The molecule has 0 N–H and O–H groups in total. The topological polar surface area (TPSA) is 90.6 Å². The number of hydrogen-bond donors (Lipinski definition) is 0. The molecule has 0 saturated carbocycles. The lowest BCUT2D eigenvalue weighted by molar-refractivity contribution is -0.00978. The molecule has 0 aliphatic carbocycles. The molecular formula is C17H22N4O4. The highest BCUT2D eigenvalue weighted by Gasteiger charge is 2.24. The molecule has 1 aliphatic rings. The highest BCUT2D eigenvalue weighted by atomic mass is 16.5. The van der Waals surface area contributed by atoms with Crippen LogP contribution in [0, 0.1) is 0 Å². The third kappa shape index (κ3) is 4.83. The normalized spacial score (nSPS) is 15.5. The third-order valence-electron chi connectivity index (χ3n) is 4.14. The van der Waals surface area contributed by atoms with E-state index in [0.29, 0.717) is 50.0 Å². The van der Waals surface area contributed by atoms with Gasteiger partial charge in [-0.1, -0.05) is 5.16 Å². The number of pyridine rings is 1. The lowest BCUT2D eigenvalue weighted by atomic mass is 10.1. The average molecular weight is 346 g/mol. The predicted molar refractivity (Wildman–Crippen MR) is 87.8 cm³/mol. The number of carbonyl (C=O) groups excluding carboxylic acids is 1. The van der Waals surface area contributed by atoms with Gasteiger partial charge in [0.1, 0.15) is 6.61 Å². The van der Waals surface area contributed by atoms with E-state index in [0.717, 1.165) is 12.8 Å². The third-order valence-corrected chi connectivity index (χ3v) is 4.14. The molecular weight excluding hydrogens is 324 g/mol. The zero-order chi connectivity index (χ0) is 17.5. The molecule has 0 aromatic carbocycles. The molecule has 0 spiro atoms. The van der Waals surface area contributed by atoms with E-state index in [1.165, 1.54) is 0 Å². The largest absolute Gasteiger partial charge is 0.384 e. The highest BCUT2D eigenvalue weighted by molar-refractivity contribution is 5.94. The van der Waals surface area contributed by atoms with E-state index in [9.17, 15) is 4.79 Å². The van der Waals surface area contributed by atoms with Crippen LogP contribution in [0.25, 0.3) is 0 Å². The van der Waals surface area contributed by atoms with Gasteiger partial charge in [-0.05, 0) is 25.0 Å². The number of nitrogens with zero attached hydrogens (tertiary/aromatic N) is 4. The Bertz CT molecular complexity index is 668. The Morgan fingerprint density at radius 1 is 1.32 bits per heavy atom. The first-order valence-electron chi connectivity index (χ1n) is 8.37. The van der Waals surface area contributed by atoms with Gasteiger partial charge in [0, 0.05) is 44.6 Å².